The molecule has 3 rings (SSSR count). The maximum Gasteiger partial charge on any atom is 0.275 e. The third-order valence-corrected chi connectivity index (χ3v) is 3.44. The molecule has 0 unspecified atom stereocenters. The number of aryl methyl sites for hydroxylation is 1. The average Bonchev–Trinajstić information content (AvgIpc) is 2.90. The van der Waals surface area contributed by atoms with Crippen LogP contribution in [-0.4, -0.2) is 11.7 Å². The second-order valence-electron chi connectivity index (χ2n) is 4.91. The highest BCUT2D eigenvalue weighted by Crippen LogP contribution is 2.15. The van der Waals surface area contributed by atoms with Gasteiger partial charge in [0.05, 0.1) is 0 Å². The minimum absolute atomic E-state index is 0.159. The van der Waals surface area contributed by atoms with Crippen LogP contribution in [0.15, 0.2) is 65.3 Å². The Morgan fingerprint density at radius 1 is 1.05 bits per heavy atom. The van der Waals surface area contributed by atoms with E-state index in [1.165, 1.54) is 5.56 Å². The fraction of sp³-hybridized carbons (Fsp3) is 0.111. The van der Waals surface area contributed by atoms with Crippen molar-refractivity contribution in [1.29, 1.82) is 0 Å². The fourth-order valence-corrected chi connectivity index (χ4v) is 2.21. The van der Waals surface area contributed by atoms with Gasteiger partial charge >= 0.3 is 0 Å². The number of aliphatic imine (C=N–C) groups is 1. The third kappa shape index (κ3) is 2.92. The molecule has 104 valence electrons. The van der Waals surface area contributed by atoms with Gasteiger partial charge in [-0.15, -0.1) is 0 Å². The topological polar surface area (TPSA) is 41.5 Å². The van der Waals surface area contributed by atoms with Crippen LogP contribution < -0.4 is 5.32 Å². The first-order valence-corrected chi connectivity index (χ1v) is 7.02. The summed E-state index contributed by atoms with van der Waals surface area (Å²) >= 11 is 0. The lowest BCUT2D eigenvalue weighted by atomic mass is 10.1. The van der Waals surface area contributed by atoms with E-state index in [0.29, 0.717) is 11.5 Å². The highest BCUT2D eigenvalue weighted by atomic mass is 16.2. The molecule has 0 saturated heterocycles. The van der Waals surface area contributed by atoms with E-state index in [1.807, 2.05) is 48.5 Å². The number of nitrogens with zero attached hydrogens (tertiary/aromatic N) is 1. The van der Waals surface area contributed by atoms with Gasteiger partial charge in [0.25, 0.3) is 5.91 Å². The van der Waals surface area contributed by atoms with Crippen molar-refractivity contribution in [3.05, 3.63) is 77.0 Å². The van der Waals surface area contributed by atoms with Gasteiger partial charge in [0, 0.05) is 5.56 Å². The summed E-state index contributed by atoms with van der Waals surface area (Å²) in [5.41, 5.74) is 3.62. The van der Waals surface area contributed by atoms with Crippen molar-refractivity contribution in [2.45, 2.75) is 13.3 Å². The minimum atomic E-state index is -0.159. The average molecular weight is 276 g/mol. The molecule has 0 atom stereocenters. The number of carbonyl (C=O) groups is 1. The summed E-state index contributed by atoms with van der Waals surface area (Å²) in [6.45, 7) is 2.12. The van der Waals surface area contributed by atoms with E-state index < -0.39 is 0 Å². The zero-order valence-electron chi connectivity index (χ0n) is 11.8. The number of amidine groups is 1. The van der Waals surface area contributed by atoms with Crippen molar-refractivity contribution in [3.63, 3.8) is 0 Å². The first-order chi connectivity index (χ1) is 10.3. The second kappa shape index (κ2) is 5.75. The number of benzene rings is 2. The standard InChI is InChI=1S/C18H16N2O/c1-2-13-8-10-14(11-9-13)12-16-18(21)20-17(19-16)15-6-4-3-5-7-15/h3-12H,2H2,1H3,(H,19,20,21)/b16-12+. The molecular weight excluding hydrogens is 260 g/mol. The second-order valence-corrected chi connectivity index (χ2v) is 4.91. The molecule has 0 radical (unpaired) electrons. The highest BCUT2D eigenvalue weighted by molar-refractivity contribution is 6.19. The van der Waals surface area contributed by atoms with Crippen LogP contribution in [0, 0.1) is 0 Å². The highest BCUT2D eigenvalue weighted by Gasteiger charge is 2.20. The monoisotopic (exact) mass is 276 g/mol. The molecule has 0 aliphatic carbocycles. The van der Waals surface area contributed by atoms with Gasteiger partial charge in [-0.3, -0.25) is 4.79 Å². The first-order valence-electron chi connectivity index (χ1n) is 7.02. The van der Waals surface area contributed by atoms with Crippen LogP contribution in [-0.2, 0) is 11.2 Å². The number of amides is 1. The Kier molecular flexibility index (Phi) is 3.65. The van der Waals surface area contributed by atoms with E-state index in [1.54, 1.807) is 0 Å². The fourth-order valence-electron chi connectivity index (χ4n) is 2.21. The van der Waals surface area contributed by atoms with Gasteiger partial charge in [-0.25, -0.2) is 4.99 Å². The number of nitrogens with one attached hydrogen (secondary N) is 1. The van der Waals surface area contributed by atoms with Crippen LogP contribution in [0.25, 0.3) is 6.08 Å². The van der Waals surface area contributed by atoms with Gasteiger partial charge in [-0.2, -0.15) is 0 Å². The molecule has 21 heavy (non-hydrogen) atoms. The molecule has 1 N–H and O–H groups in total. The lowest BCUT2D eigenvalue weighted by Crippen LogP contribution is -2.24. The molecule has 1 heterocycles. The molecule has 1 aliphatic heterocycles. The van der Waals surface area contributed by atoms with E-state index in [-0.39, 0.29) is 5.91 Å². The van der Waals surface area contributed by atoms with Gasteiger partial charge < -0.3 is 5.32 Å². The molecule has 0 aromatic heterocycles. The zero-order chi connectivity index (χ0) is 14.7. The Bertz CT molecular complexity index is 713. The summed E-state index contributed by atoms with van der Waals surface area (Å²) in [4.78, 5) is 16.4. The zero-order valence-corrected chi connectivity index (χ0v) is 11.8. The van der Waals surface area contributed by atoms with E-state index in [2.05, 4.69) is 29.4 Å². The van der Waals surface area contributed by atoms with Gasteiger partial charge in [0.15, 0.2) is 0 Å². The summed E-state index contributed by atoms with van der Waals surface area (Å²) in [6, 6.07) is 17.8. The quantitative estimate of drug-likeness (QED) is 0.860. The number of rotatable bonds is 3. The van der Waals surface area contributed by atoms with Gasteiger partial charge in [0.2, 0.25) is 0 Å². The van der Waals surface area contributed by atoms with Crippen LogP contribution >= 0.6 is 0 Å². The van der Waals surface area contributed by atoms with Crippen LogP contribution in [0.3, 0.4) is 0 Å². The Hall–Kier alpha value is -2.68. The Balaban J connectivity index is 1.89. The SMILES string of the molecule is CCc1ccc(/C=C2/N=C(c3ccccc3)NC2=O)cc1. The predicted molar refractivity (Wildman–Crippen MR) is 84.9 cm³/mol. The first kappa shape index (κ1) is 13.3. The smallest absolute Gasteiger partial charge is 0.275 e. The normalized spacial score (nSPS) is 16.0. The van der Waals surface area contributed by atoms with E-state index >= 15 is 0 Å². The van der Waals surface area contributed by atoms with Gasteiger partial charge in [-0.05, 0) is 23.6 Å². The summed E-state index contributed by atoms with van der Waals surface area (Å²) in [6.07, 6.45) is 2.82. The number of hydrogen-bond acceptors (Lipinski definition) is 2. The molecule has 1 aliphatic rings. The van der Waals surface area contributed by atoms with Crippen molar-refractivity contribution in [1.82, 2.24) is 5.32 Å². The molecule has 0 bridgehead atoms. The van der Waals surface area contributed by atoms with Crippen molar-refractivity contribution >= 4 is 17.8 Å². The lowest BCUT2D eigenvalue weighted by molar-refractivity contribution is -0.115. The molecule has 0 spiro atoms. The van der Waals surface area contributed by atoms with Gasteiger partial charge in [0.1, 0.15) is 11.5 Å². The molecule has 0 saturated carbocycles. The molecule has 2 aromatic rings. The van der Waals surface area contributed by atoms with Crippen LogP contribution in [0.1, 0.15) is 23.6 Å². The van der Waals surface area contributed by atoms with Crippen molar-refractivity contribution in [2.75, 3.05) is 0 Å². The van der Waals surface area contributed by atoms with E-state index in [0.717, 1.165) is 17.5 Å². The largest absolute Gasteiger partial charge is 0.305 e. The Labute approximate surface area is 124 Å². The van der Waals surface area contributed by atoms with Crippen molar-refractivity contribution in [2.24, 2.45) is 4.99 Å². The number of carbonyl (C=O) groups excluding carboxylic acids is 1. The van der Waals surface area contributed by atoms with Crippen molar-refractivity contribution in [3.8, 4) is 0 Å². The van der Waals surface area contributed by atoms with E-state index in [4.69, 9.17) is 0 Å². The van der Waals surface area contributed by atoms with Crippen molar-refractivity contribution < 1.29 is 4.79 Å². The number of hydrogen-bond donors (Lipinski definition) is 1. The molecule has 0 fully saturated rings. The lowest BCUT2D eigenvalue weighted by Gasteiger charge is -1.98. The molecule has 2 aromatic carbocycles. The summed E-state index contributed by atoms with van der Waals surface area (Å²) in [5.74, 6) is 0.449. The van der Waals surface area contributed by atoms with Crippen LogP contribution in [0.5, 0.6) is 0 Å². The van der Waals surface area contributed by atoms with Crippen LogP contribution in [0.4, 0.5) is 0 Å². The van der Waals surface area contributed by atoms with Crippen LogP contribution in [0.2, 0.25) is 0 Å². The maximum atomic E-state index is 12.0. The third-order valence-electron chi connectivity index (χ3n) is 3.44. The summed E-state index contributed by atoms with van der Waals surface area (Å²) in [5, 5.41) is 2.81. The predicted octanol–water partition coefficient (Wildman–Crippen LogP) is 3.17. The molecule has 1 amide bonds. The minimum Gasteiger partial charge on any atom is -0.305 e. The molecular formula is C18H16N2O. The maximum absolute atomic E-state index is 12.0. The summed E-state index contributed by atoms with van der Waals surface area (Å²) < 4.78 is 0. The molecule has 3 heteroatoms. The Morgan fingerprint density at radius 2 is 1.76 bits per heavy atom. The molecule has 3 nitrogen and oxygen atoms in total. The summed E-state index contributed by atoms with van der Waals surface area (Å²) in [7, 11) is 0. The van der Waals surface area contributed by atoms with E-state index in [9.17, 15) is 4.79 Å². The van der Waals surface area contributed by atoms with Gasteiger partial charge in [-0.1, -0.05) is 61.5 Å². The Morgan fingerprint density at radius 3 is 2.43 bits per heavy atom.